The predicted molar refractivity (Wildman–Crippen MR) is 91.0 cm³/mol. The first-order valence-electron chi connectivity index (χ1n) is 7.11. The number of halogens is 2. The molecule has 0 saturated heterocycles. The van der Waals surface area contributed by atoms with E-state index in [1.165, 1.54) is 47.7 Å². The Bertz CT molecular complexity index is 832. The van der Waals surface area contributed by atoms with Crippen LogP contribution in [0.4, 0.5) is 19.6 Å². The number of amides is 1. The summed E-state index contributed by atoms with van der Waals surface area (Å²) in [5.41, 5.74) is 2.03. The van der Waals surface area contributed by atoms with E-state index < -0.39 is 0 Å². The van der Waals surface area contributed by atoms with Crippen LogP contribution in [0, 0.1) is 11.6 Å². The Morgan fingerprint density at radius 1 is 1.00 bits per heavy atom. The Hall–Kier alpha value is -2.80. The molecule has 0 aliphatic rings. The van der Waals surface area contributed by atoms with Crippen molar-refractivity contribution in [3.8, 4) is 11.3 Å². The Balaban J connectivity index is 1.56. The minimum Gasteiger partial charge on any atom is -0.352 e. The second kappa shape index (κ2) is 7.18. The number of carbonyl (C=O) groups excluding carboxylic acids is 1. The largest absolute Gasteiger partial charge is 0.352 e. The summed E-state index contributed by atoms with van der Waals surface area (Å²) in [6, 6.07) is 11.6. The quantitative estimate of drug-likeness (QED) is 0.731. The lowest BCUT2D eigenvalue weighted by molar-refractivity contribution is -0.114. The van der Waals surface area contributed by atoms with Gasteiger partial charge in [0.05, 0.1) is 12.2 Å². The van der Waals surface area contributed by atoms with Gasteiger partial charge in [-0.15, -0.1) is 11.3 Å². The molecule has 0 unspecified atom stereocenters. The zero-order valence-corrected chi connectivity index (χ0v) is 13.2. The van der Waals surface area contributed by atoms with Crippen molar-refractivity contribution in [3.63, 3.8) is 0 Å². The summed E-state index contributed by atoms with van der Waals surface area (Å²) < 4.78 is 25.7. The van der Waals surface area contributed by atoms with Gasteiger partial charge in [0.15, 0.2) is 5.13 Å². The van der Waals surface area contributed by atoms with Crippen molar-refractivity contribution >= 4 is 28.1 Å². The zero-order valence-electron chi connectivity index (χ0n) is 12.4. The highest BCUT2D eigenvalue weighted by Crippen LogP contribution is 2.24. The van der Waals surface area contributed by atoms with Gasteiger partial charge in [-0.2, -0.15) is 0 Å². The summed E-state index contributed by atoms with van der Waals surface area (Å²) in [5.74, 6) is -0.924. The molecule has 1 heterocycles. The molecule has 2 N–H and O–H groups in total. The normalized spacial score (nSPS) is 10.4. The molecule has 1 aromatic heterocycles. The van der Waals surface area contributed by atoms with Crippen LogP contribution >= 0.6 is 11.3 Å². The van der Waals surface area contributed by atoms with Gasteiger partial charge in [-0.25, -0.2) is 13.8 Å². The molecule has 122 valence electrons. The number of thiazole rings is 1. The van der Waals surface area contributed by atoms with E-state index in [0.717, 1.165) is 5.56 Å². The topological polar surface area (TPSA) is 54.0 Å². The van der Waals surface area contributed by atoms with Crippen molar-refractivity contribution in [2.24, 2.45) is 0 Å². The van der Waals surface area contributed by atoms with Crippen molar-refractivity contribution in [2.45, 2.75) is 0 Å². The second-order valence-corrected chi connectivity index (χ2v) is 5.81. The van der Waals surface area contributed by atoms with Crippen molar-refractivity contribution in [2.75, 3.05) is 17.2 Å². The van der Waals surface area contributed by atoms with Gasteiger partial charge >= 0.3 is 0 Å². The fraction of sp³-hybridized carbons (Fsp3) is 0.0588. The van der Waals surface area contributed by atoms with Crippen LogP contribution in [0.2, 0.25) is 0 Å². The number of nitrogens with one attached hydrogen (secondary N) is 2. The molecule has 7 heteroatoms. The summed E-state index contributed by atoms with van der Waals surface area (Å²) in [6.45, 7) is 0.0355. The fourth-order valence-electron chi connectivity index (χ4n) is 2.00. The second-order valence-electron chi connectivity index (χ2n) is 4.95. The van der Waals surface area contributed by atoms with Gasteiger partial charge in [-0.3, -0.25) is 4.79 Å². The third-order valence-corrected chi connectivity index (χ3v) is 3.97. The van der Waals surface area contributed by atoms with E-state index >= 15 is 0 Å². The first-order chi connectivity index (χ1) is 11.6. The Labute approximate surface area is 141 Å². The molecule has 3 aromatic rings. The number of carbonyl (C=O) groups is 1. The molecule has 24 heavy (non-hydrogen) atoms. The van der Waals surface area contributed by atoms with Gasteiger partial charge in [0.25, 0.3) is 0 Å². The molecule has 0 saturated carbocycles. The van der Waals surface area contributed by atoms with Gasteiger partial charge in [0.2, 0.25) is 5.91 Å². The lowest BCUT2D eigenvalue weighted by Crippen LogP contribution is -2.21. The minimum absolute atomic E-state index is 0.0355. The van der Waals surface area contributed by atoms with Gasteiger partial charge in [-0.1, -0.05) is 0 Å². The van der Waals surface area contributed by atoms with Gasteiger partial charge < -0.3 is 10.6 Å². The molecule has 4 nitrogen and oxygen atoms in total. The fourth-order valence-corrected chi connectivity index (χ4v) is 2.72. The zero-order chi connectivity index (χ0) is 16.9. The lowest BCUT2D eigenvalue weighted by atomic mass is 10.2. The van der Waals surface area contributed by atoms with Crippen LogP contribution in [-0.2, 0) is 4.79 Å². The van der Waals surface area contributed by atoms with Crippen molar-refractivity contribution in [1.29, 1.82) is 0 Å². The SMILES string of the molecule is O=C(CNc1nc(-c2ccc(F)cc2)cs1)Nc1ccc(F)cc1. The van der Waals surface area contributed by atoms with E-state index in [4.69, 9.17) is 0 Å². The maximum Gasteiger partial charge on any atom is 0.243 e. The van der Waals surface area contributed by atoms with Gasteiger partial charge in [0.1, 0.15) is 11.6 Å². The number of hydrogen-bond acceptors (Lipinski definition) is 4. The maximum atomic E-state index is 12.9. The van der Waals surface area contributed by atoms with E-state index in [0.29, 0.717) is 16.5 Å². The molecule has 0 spiro atoms. The molecular weight excluding hydrogens is 332 g/mol. The van der Waals surface area contributed by atoms with Crippen molar-refractivity contribution < 1.29 is 13.6 Å². The predicted octanol–water partition coefficient (Wildman–Crippen LogP) is 4.14. The van der Waals surface area contributed by atoms with E-state index in [1.54, 1.807) is 12.1 Å². The van der Waals surface area contributed by atoms with E-state index in [9.17, 15) is 13.6 Å². The number of hydrogen-bond donors (Lipinski definition) is 2. The minimum atomic E-state index is -0.359. The highest BCUT2D eigenvalue weighted by molar-refractivity contribution is 7.14. The molecular formula is C17H13F2N3OS. The van der Waals surface area contributed by atoms with Gasteiger partial charge in [-0.05, 0) is 48.5 Å². The summed E-state index contributed by atoms with van der Waals surface area (Å²) in [7, 11) is 0. The molecule has 0 atom stereocenters. The number of nitrogens with zero attached hydrogens (tertiary/aromatic N) is 1. The van der Waals surface area contributed by atoms with Crippen molar-refractivity contribution in [1.82, 2.24) is 4.98 Å². The molecule has 1 amide bonds. The van der Waals surface area contributed by atoms with Crippen LogP contribution in [0.25, 0.3) is 11.3 Å². The van der Waals surface area contributed by atoms with Crippen LogP contribution in [0.5, 0.6) is 0 Å². The smallest absolute Gasteiger partial charge is 0.243 e. The van der Waals surface area contributed by atoms with Crippen LogP contribution < -0.4 is 10.6 Å². The summed E-state index contributed by atoms with van der Waals surface area (Å²) in [6.07, 6.45) is 0. The van der Waals surface area contributed by atoms with Crippen LogP contribution in [0.1, 0.15) is 0 Å². The highest BCUT2D eigenvalue weighted by Gasteiger charge is 2.07. The highest BCUT2D eigenvalue weighted by atomic mass is 32.1. The van der Waals surface area contributed by atoms with E-state index in [-0.39, 0.29) is 24.1 Å². The summed E-state index contributed by atoms with van der Waals surface area (Å²) in [5, 5.41) is 7.99. The Morgan fingerprint density at radius 2 is 1.62 bits per heavy atom. The number of rotatable bonds is 5. The number of benzene rings is 2. The third-order valence-electron chi connectivity index (χ3n) is 3.17. The molecule has 0 fully saturated rings. The number of aromatic nitrogens is 1. The molecule has 3 rings (SSSR count). The molecule has 0 bridgehead atoms. The Morgan fingerprint density at radius 3 is 2.29 bits per heavy atom. The summed E-state index contributed by atoms with van der Waals surface area (Å²) >= 11 is 1.35. The first-order valence-corrected chi connectivity index (χ1v) is 7.99. The Kier molecular flexibility index (Phi) is 4.81. The third kappa shape index (κ3) is 4.14. The van der Waals surface area contributed by atoms with Gasteiger partial charge in [0, 0.05) is 16.6 Å². The lowest BCUT2D eigenvalue weighted by Gasteiger charge is -2.05. The van der Waals surface area contributed by atoms with Crippen molar-refractivity contribution in [3.05, 3.63) is 65.5 Å². The monoisotopic (exact) mass is 345 g/mol. The maximum absolute atomic E-state index is 12.9. The molecule has 0 aliphatic carbocycles. The van der Waals surface area contributed by atoms with Crippen LogP contribution in [-0.4, -0.2) is 17.4 Å². The van der Waals surface area contributed by atoms with Crippen LogP contribution in [0.15, 0.2) is 53.9 Å². The average Bonchev–Trinajstić information content (AvgIpc) is 3.05. The summed E-state index contributed by atoms with van der Waals surface area (Å²) in [4.78, 5) is 16.2. The van der Waals surface area contributed by atoms with Crippen LogP contribution in [0.3, 0.4) is 0 Å². The van der Waals surface area contributed by atoms with E-state index in [1.807, 2.05) is 5.38 Å². The standard InChI is InChI=1S/C17H13F2N3OS/c18-12-3-1-11(2-4-12)15-10-24-17(22-15)20-9-16(23)21-14-7-5-13(19)6-8-14/h1-8,10H,9H2,(H,20,22)(H,21,23). The molecule has 0 radical (unpaired) electrons. The molecule has 2 aromatic carbocycles. The van der Waals surface area contributed by atoms with E-state index in [2.05, 4.69) is 15.6 Å². The molecule has 0 aliphatic heterocycles. The number of anilines is 2. The first kappa shape index (κ1) is 16.1. The average molecular weight is 345 g/mol.